The van der Waals surface area contributed by atoms with Gasteiger partial charge in [0.1, 0.15) is 6.61 Å². The van der Waals surface area contributed by atoms with E-state index in [9.17, 15) is 14.7 Å². The van der Waals surface area contributed by atoms with Gasteiger partial charge in [-0.3, -0.25) is 9.59 Å². The summed E-state index contributed by atoms with van der Waals surface area (Å²) in [5.74, 6) is -0.596. The quantitative estimate of drug-likeness (QED) is 0.0513. The minimum atomic E-state index is -0.766. The van der Waals surface area contributed by atoms with Crippen LogP contribution < -0.4 is 0 Å². The van der Waals surface area contributed by atoms with E-state index in [1.165, 1.54) is 109 Å². The Morgan fingerprint density at radius 3 is 1.38 bits per heavy atom. The predicted molar refractivity (Wildman–Crippen MR) is 168 cm³/mol. The number of hydrogen-bond acceptors (Lipinski definition) is 5. The van der Waals surface area contributed by atoms with Gasteiger partial charge in [0.2, 0.25) is 0 Å². The van der Waals surface area contributed by atoms with Crippen molar-refractivity contribution in [3.8, 4) is 0 Å². The molecule has 0 spiro atoms. The summed E-state index contributed by atoms with van der Waals surface area (Å²) >= 11 is 0. The molecule has 0 radical (unpaired) electrons. The zero-order valence-electron chi connectivity index (χ0n) is 26.6. The minimum Gasteiger partial charge on any atom is -0.462 e. The molecule has 1 atom stereocenters. The lowest BCUT2D eigenvalue weighted by atomic mass is 10.0. The topological polar surface area (TPSA) is 72.8 Å². The molecule has 236 valence electrons. The molecule has 0 aliphatic carbocycles. The van der Waals surface area contributed by atoms with E-state index in [1.54, 1.807) is 0 Å². The summed E-state index contributed by atoms with van der Waals surface area (Å²) in [6, 6.07) is 0. The third kappa shape index (κ3) is 29.6. The maximum absolute atomic E-state index is 12.1. The molecule has 0 fully saturated rings. The number of rotatable bonds is 31. The van der Waals surface area contributed by atoms with Gasteiger partial charge >= 0.3 is 11.9 Å². The summed E-state index contributed by atoms with van der Waals surface area (Å²) in [5.41, 5.74) is 0. The molecule has 1 unspecified atom stereocenters. The van der Waals surface area contributed by atoms with E-state index >= 15 is 0 Å². The van der Waals surface area contributed by atoms with E-state index in [0.717, 1.165) is 44.9 Å². The third-order valence-electron chi connectivity index (χ3n) is 7.56. The zero-order valence-corrected chi connectivity index (χ0v) is 26.6. The van der Waals surface area contributed by atoms with Gasteiger partial charge in [-0.15, -0.1) is 0 Å². The third-order valence-corrected chi connectivity index (χ3v) is 7.56. The van der Waals surface area contributed by atoms with Gasteiger partial charge in [0.15, 0.2) is 6.10 Å². The Morgan fingerprint density at radius 1 is 0.550 bits per heavy atom. The Kier molecular flexibility index (Phi) is 31.1. The lowest BCUT2D eigenvalue weighted by molar-refractivity contribution is -0.161. The average Bonchev–Trinajstić information content (AvgIpc) is 2.96. The highest BCUT2D eigenvalue weighted by atomic mass is 16.6. The molecule has 0 amide bonds. The first-order chi connectivity index (χ1) is 19.6. The smallest absolute Gasteiger partial charge is 0.306 e. The zero-order chi connectivity index (χ0) is 29.4. The van der Waals surface area contributed by atoms with Crippen LogP contribution in [-0.2, 0) is 19.1 Å². The highest BCUT2D eigenvalue weighted by molar-refractivity contribution is 5.70. The molecule has 0 bridgehead atoms. The molecule has 0 aliphatic rings. The van der Waals surface area contributed by atoms with Crippen LogP contribution in [0, 0.1) is 0 Å². The summed E-state index contributed by atoms with van der Waals surface area (Å²) in [6.07, 6.45) is 34.0. The van der Waals surface area contributed by atoms with Crippen molar-refractivity contribution < 1.29 is 24.2 Å². The Balaban J connectivity index is 3.57. The fourth-order valence-electron chi connectivity index (χ4n) is 4.90. The van der Waals surface area contributed by atoms with Crippen molar-refractivity contribution in [3.63, 3.8) is 0 Å². The highest BCUT2D eigenvalue weighted by Crippen LogP contribution is 2.14. The fraction of sp³-hybridized carbons (Fsp3) is 0.886. The molecule has 5 heteroatoms. The van der Waals surface area contributed by atoms with Crippen LogP contribution in [0.5, 0.6) is 0 Å². The van der Waals surface area contributed by atoms with E-state index in [0.29, 0.717) is 12.8 Å². The molecule has 0 aromatic rings. The van der Waals surface area contributed by atoms with E-state index in [1.807, 2.05) is 0 Å². The monoisotopic (exact) mass is 566 g/mol. The maximum Gasteiger partial charge on any atom is 0.306 e. The van der Waals surface area contributed by atoms with E-state index in [-0.39, 0.29) is 25.2 Å². The van der Waals surface area contributed by atoms with Crippen LogP contribution in [0.3, 0.4) is 0 Å². The van der Waals surface area contributed by atoms with Gasteiger partial charge in [-0.05, 0) is 38.5 Å². The van der Waals surface area contributed by atoms with Crippen LogP contribution in [0.15, 0.2) is 12.2 Å². The van der Waals surface area contributed by atoms with Crippen molar-refractivity contribution in [3.05, 3.63) is 12.2 Å². The SMILES string of the molecule is CCCCCCC=CCCCCCCCC(=O)OCC(CO)OC(=O)CCCCCCCCCCCCCCC. The molecule has 0 rings (SSSR count). The van der Waals surface area contributed by atoms with Gasteiger partial charge in [-0.1, -0.05) is 142 Å². The first kappa shape index (κ1) is 38.6. The summed E-state index contributed by atoms with van der Waals surface area (Å²) in [7, 11) is 0. The molecule has 0 aliphatic heterocycles. The van der Waals surface area contributed by atoms with Crippen molar-refractivity contribution in [2.24, 2.45) is 0 Å². The van der Waals surface area contributed by atoms with Gasteiger partial charge in [0, 0.05) is 12.8 Å². The summed E-state index contributed by atoms with van der Waals surface area (Å²) < 4.78 is 10.5. The first-order valence-electron chi connectivity index (χ1n) is 17.2. The van der Waals surface area contributed by atoms with Crippen molar-refractivity contribution in [1.29, 1.82) is 0 Å². The van der Waals surface area contributed by atoms with Crippen LogP contribution in [0.4, 0.5) is 0 Å². The van der Waals surface area contributed by atoms with Crippen molar-refractivity contribution >= 4 is 11.9 Å². The van der Waals surface area contributed by atoms with Crippen LogP contribution in [0.1, 0.15) is 181 Å². The van der Waals surface area contributed by atoms with Crippen LogP contribution >= 0.6 is 0 Å². The van der Waals surface area contributed by atoms with E-state index < -0.39 is 6.10 Å². The van der Waals surface area contributed by atoms with Crippen LogP contribution in [-0.4, -0.2) is 36.4 Å². The predicted octanol–water partition coefficient (Wildman–Crippen LogP) is 10.2. The second-order valence-corrected chi connectivity index (χ2v) is 11.6. The molecule has 0 heterocycles. The number of ether oxygens (including phenoxy) is 2. The molecule has 1 N–H and O–H groups in total. The van der Waals surface area contributed by atoms with Gasteiger partial charge in [-0.25, -0.2) is 0 Å². The molecule has 0 saturated heterocycles. The van der Waals surface area contributed by atoms with Gasteiger partial charge in [-0.2, -0.15) is 0 Å². The van der Waals surface area contributed by atoms with Gasteiger partial charge < -0.3 is 14.6 Å². The number of esters is 2. The summed E-state index contributed by atoms with van der Waals surface area (Å²) in [6.45, 7) is 4.11. The highest BCUT2D eigenvalue weighted by Gasteiger charge is 2.16. The molecule has 5 nitrogen and oxygen atoms in total. The Bertz CT molecular complexity index is 574. The summed E-state index contributed by atoms with van der Waals surface area (Å²) in [4.78, 5) is 24.1. The van der Waals surface area contributed by atoms with Crippen LogP contribution in [0.25, 0.3) is 0 Å². The lowest BCUT2D eigenvalue weighted by Crippen LogP contribution is -2.28. The number of carbonyl (C=O) groups excluding carboxylic acids is 2. The van der Waals surface area contributed by atoms with E-state index in [4.69, 9.17) is 9.47 Å². The maximum atomic E-state index is 12.1. The Morgan fingerprint density at radius 2 is 0.925 bits per heavy atom. The molecule has 0 aromatic carbocycles. The standard InChI is InChI=1S/C35H66O5/c1-3-5-7-9-11-13-15-17-19-21-23-25-27-29-34(37)39-32-33(31-36)40-35(38)30-28-26-24-22-20-18-16-14-12-10-8-6-4-2/h13,15,33,36H,3-12,14,16-32H2,1-2H3. The molecular weight excluding hydrogens is 500 g/mol. The van der Waals surface area contributed by atoms with Crippen molar-refractivity contribution in [2.45, 2.75) is 187 Å². The largest absolute Gasteiger partial charge is 0.462 e. The Labute approximate surface area is 248 Å². The number of carbonyl (C=O) groups is 2. The number of aliphatic hydroxyl groups is 1. The number of unbranched alkanes of at least 4 members (excludes halogenated alkanes) is 21. The first-order valence-corrected chi connectivity index (χ1v) is 17.2. The number of aliphatic hydroxyl groups excluding tert-OH is 1. The van der Waals surface area contributed by atoms with E-state index in [2.05, 4.69) is 26.0 Å². The summed E-state index contributed by atoms with van der Waals surface area (Å²) in [5, 5.41) is 9.50. The van der Waals surface area contributed by atoms with Crippen molar-refractivity contribution in [1.82, 2.24) is 0 Å². The molecule has 0 aromatic heterocycles. The number of allylic oxidation sites excluding steroid dienone is 2. The minimum absolute atomic E-state index is 0.0650. The number of hydrogen-bond donors (Lipinski definition) is 1. The van der Waals surface area contributed by atoms with Crippen molar-refractivity contribution in [2.75, 3.05) is 13.2 Å². The Hall–Kier alpha value is -1.36. The molecule has 40 heavy (non-hydrogen) atoms. The lowest BCUT2D eigenvalue weighted by Gasteiger charge is -2.15. The van der Waals surface area contributed by atoms with Gasteiger partial charge in [0.05, 0.1) is 6.61 Å². The van der Waals surface area contributed by atoms with Gasteiger partial charge in [0.25, 0.3) is 0 Å². The average molecular weight is 567 g/mol. The molecule has 0 saturated carbocycles. The second kappa shape index (κ2) is 32.2. The van der Waals surface area contributed by atoms with Crippen LogP contribution in [0.2, 0.25) is 0 Å². The fourth-order valence-corrected chi connectivity index (χ4v) is 4.90. The second-order valence-electron chi connectivity index (χ2n) is 11.6. The normalized spacial score (nSPS) is 12.2. The molecular formula is C35H66O5.